The summed E-state index contributed by atoms with van der Waals surface area (Å²) in [5.74, 6) is 0.866. The van der Waals surface area contributed by atoms with Gasteiger partial charge in [-0.3, -0.25) is 0 Å². The molecule has 0 amide bonds. The molecule has 1 saturated heterocycles. The van der Waals surface area contributed by atoms with Gasteiger partial charge in [0, 0.05) is 19.3 Å². The van der Waals surface area contributed by atoms with E-state index in [4.69, 9.17) is 16.3 Å². The van der Waals surface area contributed by atoms with Crippen molar-refractivity contribution in [1.82, 2.24) is 10.3 Å². The van der Waals surface area contributed by atoms with Crippen molar-refractivity contribution >= 4 is 17.4 Å². The number of anilines is 1. The predicted octanol–water partition coefficient (Wildman–Crippen LogP) is 1.94. The van der Waals surface area contributed by atoms with Crippen LogP contribution in [-0.4, -0.2) is 43.9 Å². The molecule has 0 aliphatic carbocycles. The molecule has 1 aliphatic heterocycles. The smallest absolute Gasteiger partial charge is 0.147 e. The van der Waals surface area contributed by atoms with Crippen LogP contribution < -0.4 is 10.2 Å². The van der Waals surface area contributed by atoms with E-state index in [-0.39, 0.29) is 0 Å². The van der Waals surface area contributed by atoms with Gasteiger partial charge in [-0.15, -0.1) is 0 Å². The van der Waals surface area contributed by atoms with E-state index in [9.17, 15) is 0 Å². The number of pyridine rings is 1. The molecule has 1 aromatic heterocycles. The Morgan fingerprint density at radius 2 is 2.50 bits per heavy atom. The highest BCUT2D eigenvalue weighted by Crippen LogP contribution is 2.25. The monoisotopic (exact) mass is 269 g/mol. The Kier molecular flexibility index (Phi) is 5.23. The number of nitrogens with one attached hydrogen (secondary N) is 1. The van der Waals surface area contributed by atoms with Crippen molar-refractivity contribution in [2.45, 2.75) is 19.4 Å². The van der Waals surface area contributed by atoms with Crippen molar-refractivity contribution in [3.63, 3.8) is 0 Å². The van der Waals surface area contributed by atoms with Gasteiger partial charge in [-0.1, -0.05) is 18.5 Å². The summed E-state index contributed by atoms with van der Waals surface area (Å²) in [4.78, 5) is 6.64. The third kappa shape index (κ3) is 3.34. The van der Waals surface area contributed by atoms with Gasteiger partial charge in [0.15, 0.2) is 0 Å². The summed E-state index contributed by atoms with van der Waals surface area (Å²) >= 11 is 6.22. The van der Waals surface area contributed by atoms with Gasteiger partial charge in [0.2, 0.25) is 0 Å². The predicted molar refractivity (Wildman–Crippen MR) is 74.4 cm³/mol. The minimum absolute atomic E-state index is 0.303. The van der Waals surface area contributed by atoms with E-state index in [1.165, 1.54) is 0 Å². The lowest BCUT2D eigenvalue weighted by molar-refractivity contribution is 0.0934. The van der Waals surface area contributed by atoms with Crippen molar-refractivity contribution < 1.29 is 4.74 Å². The molecule has 1 atom stereocenters. The molecule has 2 heterocycles. The first-order valence-corrected chi connectivity index (χ1v) is 6.86. The summed E-state index contributed by atoms with van der Waals surface area (Å²) in [6.45, 7) is 6.40. The molecule has 5 heteroatoms. The zero-order valence-corrected chi connectivity index (χ0v) is 11.5. The molecule has 2 rings (SSSR count). The number of aromatic nitrogens is 1. The molecule has 1 aromatic rings. The number of hydrogen-bond donors (Lipinski definition) is 1. The third-order valence-corrected chi connectivity index (χ3v) is 3.34. The Morgan fingerprint density at radius 3 is 3.28 bits per heavy atom. The van der Waals surface area contributed by atoms with Gasteiger partial charge in [0.05, 0.1) is 24.3 Å². The van der Waals surface area contributed by atoms with Crippen LogP contribution in [0, 0.1) is 0 Å². The number of rotatable bonds is 5. The summed E-state index contributed by atoms with van der Waals surface area (Å²) in [5.41, 5.74) is 0. The van der Waals surface area contributed by atoms with E-state index in [0.717, 1.165) is 45.1 Å². The van der Waals surface area contributed by atoms with Crippen molar-refractivity contribution in [1.29, 1.82) is 0 Å². The fourth-order valence-electron chi connectivity index (χ4n) is 2.14. The van der Waals surface area contributed by atoms with Gasteiger partial charge in [0.1, 0.15) is 5.82 Å². The summed E-state index contributed by atoms with van der Waals surface area (Å²) in [7, 11) is 0. The number of halogens is 1. The van der Waals surface area contributed by atoms with Gasteiger partial charge < -0.3 is 15.0 Å². The number of ether oxygens (including phenoxy) is 1. The molecule has 1 fully saturated rings. The second-order valence-electron chi connectivity index (χ2n) is 4.44. The van der Waals surface area contributed by atoms with Crippen LogP contribution in [-0.2, 0) is 4.74 Å². The Bertz CT molecular complexity index is 375. The molecule has 0 bridgehead atoms. The molecule has 0 aromatic carbocycles. The van der Waals surface area contributed by atoms with E-state index in [0.29, 0.717) is 11.1 Å². The van der Waals surface area contributed by atoms with Gasteiger partial charge in [-0.2, -0.15) is 0 Å². The molecule has 0 radical (unpaired) electrons. The number of morpholine rings is 1. The fraction of sp³-hybridized carbons (Fsp3) is 0.615. The maximum atomic E-state index is 6.22. The average molecular weight is 270 g/mol. The lowest BCUT2D eigenvalue weighted by Gasteiger charge is -2.37. The van der Waals surface area contributed by atoms with Crippen LogP contribution in [0.25, 0.3) is 0 Å². The largest absolute Gasteiger partial charge is 0.377 e. The van der Waals surface area contributed by atoms with E-state index < -0.39 is 0 Å². The van der Waals surface area contributed by atoms with Crippen LogP contribution in [0.5, 0.6) is 0 Å². The molecular formula is C13H20ClN3O. The zero-order chi connectivity index (χ0) is 12.8. The lowest BCUT2D eigenvalue weighted by Crippen LogP contribution is -2.51. The first kappa shape index (κ1) is 13.6. The van der Waals surface area contributed by atoms with Gasteiger partial charge >= 0.3 is 0 Å². The van der Waals surface area contributed by atoms with Crippen LogP contribution in [0.3, 0.4) is 0 Å². The molecule has 100 valence electrons. The fourth-order valence-corrected chi connectivity index (χ4v) is 2.37. The topological polar surface area (TPSA) is 37.4 Å². The van der Waals surface area contributed by atoms with Crippen LogP contribution in [0.2, 0.25) is 5.02 Å². The zero-order valence-electron chi connectivity index (χ0n) is 10.7. The summed E-state index contributed by atoms with van der Waals surface area (Å²) in [6, 6.07) is 4.05. The number of hydrogen-bond acceptors (Lipinski definition) is 4. The van der Waals surface area contributed by atoms with E-state index in [2.05, 4.69) is 22.1 Å². The van der Waals surface area contributed by atoms with Crippen LogP contribution in [0.15, 0.2) is 18.3 Å². The van der Waals surface area contributed by atoms with Gasteiger partial charge in [-0.05, 0) is 25.1 Å². The first-order valence-electron chi connectivity index (χ1n) is 6.48. The van der Waals surface area contributed by atoms with E-state index >= 15 is 0 Å². The molecule has 0 saturated carbocycles. The van der Waals surface area contributed by atoms with Crippen molar-refractivity contribution in [3.05, 3.63) is 23.4 Å². The second kappa shape index (κ2) is 6.92. The maximum absolute atomic E-state index is 6.22. The van der Waals surface area contributed by atoms with Crippen molar-refractivity contribution in [2.24, 2.45) is 0 Å². The average Bonchev–Trinajstić information content (AvgIpc) is 2.40. The molecule has 0 spiro atoms. The Labute approximate surface area is 113 Å². The standard InChI is InChI=1S/C13H20ClN3O/c1-2-5-15-9-11-10-18-8-7-17(11)13-12(14)4-3-6-16-13/h3-4,6,11,15H,2,5,7-10H2,1H3. The maximum Gasteiger partial charge on any atom is 0.147 e. The minimum atomic E-state index is 0.303. The lowest BCUT2D eigenvalue weighted by atomic mass is 10.2. The minimum Gasteiger partial charge on any atom is -0.377 e. The Balaban J connectivity index is 2.05. The second-order valence-corrected chi connectivity index (χ2v) is 4.84. The van der Waals surface area contributed by atoms with Gasteiger partial charge in [-0.25, -0.2) is 4.98 Å². The molecule has 1 unspecified atom stereocenters. The highest BCUT2D eigenvalue weighted by atomic mass is 35.5. The third-order valence-electron chi connectivity index (χ3n) is 3.05. The van der Waals surface area contributed by atoms with Gasteiger partial charge in [0.25, 0.3) is 0 Å². The highest BCUT2D eigenvalue weighted by molar-refractivity contribution is 6.32. The number of nitrogens with zero attached hydrogens (tertiary/aromatic N) is 2. The van der Waals surface area contributed by atoms with E-state index in [1.807, 2.05) is 12.1 Å². The van der Waals surface area contributed by atoms with Crippen LogP contribution in [0.1, 0.15) is 13.3 Å². The van der Waals surface area contributed by atoms with Crippen molar-refractivity contribution in [3.8, 4) is 0 Å². The molecule has 1 aliphatic rings. The van der Waals surface area contributed by atoms with Crippen LogP contribution in [0.4, 0.5) is 5.82 Å². The summed E-state index contributed by atoms with van der Waals surface area (Å²) in [6.07, 6.45) is 2.92. The normalized spacial score (nSPS) is 20.1. The molecule has 4 nitrogen and oxygen atoms in total. The SMILES string of the molecule is CCCNCC1COCCN1c1ncccc1Cl. The molecule has 1 N–H and O–H groups in total. The van der Waals surface area contributed by atoms with Crippen LogP contribution >= 0.6 is 11.6 Å². The highest BCUT2D eigenvalue weighted by Gasteiger charge is 2.25. The quantitative estimate of drug-likeness (QED) is 0.829. The first-order chi connectivity index (χ1) is 8.83. The Hall–Kier alpha value is -0.840. The summed E-state index contributed by atoms with van der Waals surface area (Å²) < 4.78 is 5.55. The Morgan fingerprint density at radius 1 is 1.61 bits per heavy atom. The van der Waals surface area contributed by atoms with E-state index in [1.54, 1.807) is 6.20 Å². The molecular weight excluding hydrogens is 250 g/mol. The summed E-state index contributed by atoms with van der Waals surface area (Å²) in [5, 5.41) is 4.14. The van der Waals surface area contributed by atoms with Crippen molar-refractivity contribution in [2.75, 3.05) is 37.7 Å². The molecule has 18 heavy (non-hydrogen) atoms.